The number of azide groups is 1. The molecule has 0 aliphatic heterocycles. The Morgan fingerprint density at radius 2 is 2.06 bits per heavy atom. The molecule has 0 radical (unpaired) electrons. The molecule has 0 saturated heterocycles. The second-order valence-corrected chi connectivity index (χ2v) is 4.03. The van der Waals surface area contributed by atoms with Crippen LogP contribution >= 0.6 is 15.9 Å². The van der Waals surface area contributed by atoms with Gasteiger partial charge >= 0.3 is 0 Å². The van der Waals surface area contributed by atoms with E-state index in [1.165, 1.54) is 0 Å². The van der Waals surface area contributed by atoms with Gasteiger partial charge in [0.25, 0.3) is 0 Å². The lowest BCUT2D eigenvalue weighted by Crippen LogP contribution is -2.18. The summed E-state index contributed by atoms with van der Waals surface area (Å²) >= 11 is 3.19. The van der Waals surface area contributed by atoms with Crippen LogP contribution in [0.3, 0.4) is 0 Å². The number of hydrogen-bond donors (Lipinski definition) is 2. The minimum atomic E-state index is -1.04. The molecule has 1 rings (SSSR count). The average Bonchev–Trinajstić information content (AvgIpc) is 2.29. The molecule has 16 heavy (non-hydrogen) atoms. The molecule has 86 valence electrons. The maximum atomic E-state index is 9.87. The molecular weight excluding hydrogens is 274 g/mol. The molecule has 2 unspecified atom stereocenters. The zero-order chi connectivity index (χ0) is 12.0. The lowest BCUT2D eigenvalue weighted by molar-refractivity contribution is 0.0177. The highest BCUT2D eigenvalue weighted by Gasteiger charge is 2.19. The molecule has 0 heterocycles. The molecule has 0 amide bonds. The third-order valence-corrected chi connectivity index (χ3v) is 2.64. The first-order valence-corrected chi connectivity index (χ1v) is 5.89. The molecule has 0 aliphatic carbocycles. The first-order valence-electron chi connectivity index (χ1n) is 4.76. The van der Waals surface area contributed by atoms with E-state index in [0.717, 1.165) is 0 Å². The van der Waals surface area contributed by atoms with Crippen LogP contribution < -0.4 is 0 Å². The van der Waals surface area contributed by atoms with Crippen molar-refractivity contribution in [3.63, 3.8) is 0 Å². The van der Waals surface area contributed by atoms with Gasteiger partial charge in [-0.3, -0.25) is 0 Å². The van der Waals surface area contributed by atoms with Gasteiger partial charge in [0.05, 0.1) is 6.10 Å². The van der Waals surface area contributed by atoms with Gasteiger partial charge in [-0.1, -0.05) is 45.3 Å². The molecule has 5 nitrogen and oxygen atoms in total. The van der Waals surface area contributed by atoms with Crippen molar-refractivity contribution < 1.29 is 10.2 Å². The smallest absolute Gasteiger partial charge is 0.105 e. The fourth-order valence-corrected chi connectivity index (χ4v) is 1.82. The third-order valence-electron chi connectivity index (χ3n) is 2.18. The van der Waals surface area contributed by atoms with E-state index in [-0.39, 0.29) is 0 Å². The average molecular weight is 286 g/mol. The number of aliphatic hydroxyl groups excluding tert-OH is 2. The normalized spacial score (nSPS) is 13.9. The minimum absolute atomic E-state index is 0.339. The Bertz CT molecular complexity index is 393. The van der Waals surface area contributed by atoms with Crippen molar-refractivity contribution >= 4 is 21.6 Å². The van der Waals surface area contributed by atoms with Crippen molar-refractivity contribution in [2.24, 2.45) is 5.11 Å². The monoisotopic (exact) mass is 285 g/mol. The van der Waals surface area contributed by atoms with E-state index >= 15 is 0 Å². The highest BCUT2D eigenvalue weighted by Crippen LogP contribution is 2.28. The maximum Gasteiger partial charge on any atom is 0.105 e. The van der Waals surface area contributed by atoms with Crippen molar-refractivity contribution in [2.75, 3.05) is 5.33 Å². The summed E-state index contributed by atoms with van der Waals surface area (Å²) in [4.78, 5) is 2.68. The molecule has 0 bridgehead atoms. The largest absolute Gasteiger partial charge is 0.390 e. The lowest BCUT2D eigenvalue weighted by Gasteiger charge is -2.18. The van der Waals surface area contributed by atoms with Gasteiger partial charge in [-0.15, -0.1) is 0 Å². The van der Waals surface area contributed by atoms with Crippen LogP contribution in [0.2, 0.25) is 0 Å². The van der Waals surface area contributed by atoms with E-state index in [0.29, 0.717) is 23.0 Å². The van der Waals surface area contributed by atoms with E-state index < -0.39 is 12.2 Å². The lowest BCUT2D eigenvalue weighted by atomic mass is 10.0. The second-order valence-electron chi connectivity index (χ2n) is 3.24. The summed E-state index contributed by atoms with van der Waals surface area (Å²) in [5, 5.41) is 23.6. The number of halogens is 1. The van der Waals surface area contributed by atoms with Crippen LogP contribution in [-0.2, 0) is 0 Å². The predicted octanol–water partition coefficient (Wildman–Crippen LogP) is 2.81. The number of benzene rings is 1. The van der Waals surface area contributed by atoms with Crippen LogP contribution in [-0.4, -0.2) is 21.6 Å². The molecule has 0 spiro atoms. The van der Waals surface area contributed by atoms with E-state index in [1.54, 1.807) is 24.3 Å². The molecule has 1 aromatic rings. The number of alkyl halides is 1. The minimum Gasteiger partial charge on any atom is -0.390 e. The quantitative estimate of drug-likeness (QED) is 0.377. The molecule has 0 aliphatic rings. The molecule has 0 aromatic heterocycles. The SMILES string of the molecule is [N-]=[N+]=Nc1ccccc1C(O)C(O)CCBr. The summed E-state index contributed by atoms with van der Waals surface area (Å²) in [5.74, 6) is 0. The molecule has 0 fully saturated rings. The van der Waals surface area contributed by atoms with Gasteiger partial charge in [0.1, 0.15) is 6.10 Å². The molecular formula is C10H12BrN3O2. The van der Waals surface area contributed by atoms with Crippen molar-refractivity contribution in [3.05, 3.63) is 40.3 Å². The molecule has 1 aromatic carbocycles. The van der Waals surface area contributed by atoms with E-state index in [4.69, 9.17) is 5.53 Å². The standard InChI is InChI=1S/C10H12BrN3O2/c11-6-5-9(15)10(16)7-3-1-2-4-8(7)13-14-12/h1-4,9-10,15-16H,5-6H2. The van der Waals surface area contributed by atoms with Gasteiger partial charge in [-0.2, -0.15) is 0 Å². The highest BCUT2D eigenvalue weighted by molar-refractivity contribution is 9.09. The zero-order valence-corrected chi connectivity index (χ0v) is 10.1. The summed E-state index contributed by atoms with van der Waals surface area (Å²) in [7, 11) is 0. The van der Waals surface area contributed by atoms with E-state index in [1.807, 2.05) is 0 Å². The summed E-state index contributed by atoms with van der Waals surface area (Å²) < 4.78 is 0. The summed E-state index contributed by atoms with van der Waals surface area (Å²) in [6.45, 7) is 0. The molecule has 2 N–H and O–H groups in total. The molecule has 6 heteroatoms. The Kier molecular flexibility index (Phi) is 5.28. The van der Waals surface area contributed by atoms with Gasteiger partial charge in [-0.05, 0) is 17.5 Å². The van der Waals surface area contributed by atoms with Gasteiger partial charge in [0.2, 0.25) is 0 Å². The Balaban J connectivity index is 2.97. The van der Waals surface area contributed by atoms with Crippen LogP contribution in [0, 0.1) is 0 Å². The Labute approximate surface area is 101 Å². The predicted molar refractivity (Wildman–Crippen MR) is 64.6 cm³/mol. The maximum absolute atomic E-state index is 9.87. The number of hydrogen-bond acceptors (Lipinski definition) is 3. The number of rotatable bonds is 5. The Hall–Kier alpha value is -1.07. The van der Waals surface area contributed by atoms with Gasteiger partial charge in [0.15, 0.2) is 0 Å². The van der Waals surface area contributed by atoms with Crippen LogP contribution in [0.1, 0.15) is 18.1 Å². The van der Waals surface area contributed by atoms with E-state index in [9.17, 15) is 10.2 Å². The topological polar surface area (TPSA) is 89.2 Å². The van der Waals surface area contributed by atoms with Crippen LogP contribution in [0.15, 0.2) is 29.4 Å². The number of nitrogens with zero attached hydrogens (tertiary/aromatic N) is 3. The van der Waals surface area contributed by atoms with Crippen LogP contribution in [0.5, 0.6) is 0 Å². The third kappa shape index (κ3) is 3.21. The highest BCUT2D eigenvalue weighted by atomic mass is 79.9. The van der Waals surface area contributed by atoms with Crippen molar-refractivity contribution in [3.8, 4) is 0 Å². The fraction of sp³-hybridized carbons (Fsp3) is 0.400. The fourth-order valence-electron chi connectivity index (χ4n) is 1.35. The van der Waals surface area contributed by atoms with Crippen molar-refractivity contribution in [2.45, 2.75) is 18.6 Å². The van der Waals surface area contributed by atoms with Gasteiger partial charge in [0, 0.05) is 15.9 Å². The Morgan fingerprint density at radius 1 is 1.38 bits per heavy atom. The Morgan fingerprint density at radius 3 is 2.69 bits per heavy atom. The summed E-state index contributed by atoms with van der Waals surface area (Å²) in [6, 6.07) is 6.65. The summed E-state index contributed by atoms with van der Waals surface area (Å²) in [5.41, 5.74) is 9.15. The van der Waals surface area contributed by atoms with Crippen LogP contribution in [0.25, 0.3) is 10.4 Å². The second kappa shape index (κ2) is 6.50. The van der Waals surface area contributed by atoms with Gasteiger partial charge < -0.3 is 10.2 Å². The molecule has 0 saturated carbocycles. The van der Waals surface area contributed by atoms with Gasteiger partial charge in [-0.25, -0.2) is 0 Å². The number of aliphatic hydroxyl groups is 2. The van der Waals surface area contributed by atoms with E-state index in [2.05, 4.69) is 26.0 Å². The summed E-state index contributed by atoms with van der Waals surface area (Å²) in [6.07, 6.45) is -1.50. The van der Waals surface area contributed by atoms with Crippen molar-refractivity contribution in [1.82, 2.24) is 0 Å². The van der Waals surface area contributed by atoms with Crippen LogP contribution in [0.4, 0.5) is 5.69 Å². The van der Waals surface area contributed by atoms with Crippen molar-refractivity contribution in [1.29, 1.82) is 0 Å². The first-order chi connectivity index (χ1) is 7.70. The first kappa shape index (κ1) is 13.0. The molecule has 2 atom stereocenters. The zero-order valence-electron chi connectivity index (χ0n) is 8.49.